The van der Waals surface area contributed by atoms with Gasteiger partial charge in [-0.3, -0.25) is 0 Å². The van der Waals surface area contributed by atoms with E-state index in [4.69, 9.17) is 4.74 Å². The predicted molar refractivity (Wildman–Crippen MR) is 37.7 cm³/mol. The number of hydrogen-bond donors (Lipinski definition) is 1. The fourth-order valence-corrected chi connectivity index (χ4v) is 2.79. The van der Waals surface area contributed by atoms with E-state index in [9.17, 15) is 0 Å². The van der Waals surface area contributed by atoms with Gasteiger partial charge in [0.15, 0.2) is 0 Å². The summed E-state index contributed by atoms with van der Waals surface area (Å²) >= 11 is 0. The number of hydrogen-bond acceptors (Lipinski definition) is 2. The molecule has 2 heteroatoms. The average molecular weight is 139 g/mol. The van der Waals surface area contributed by atoms with E-state index in [0.717, 1.165) is 25.0 Å². The largest absolute Gasteiger partial charge is 0.379 e. The van der Waals surface area contributed by atoms with Crippen LogP contribution in [0.1, 0.15) is 6.42 Å². The summed E-state index contributed by atoms with van der Waals surface area (Å²) in [5, 5.41) is 3.35. The monoisotopic (exact) mass is 139 g/mol. The molecule has 10 heavy (non-hydrogen) atoms. The Morgan fingerprint density at radius 2 is 2.30 bits per heavy atom. The molecule has 3 aliphatic rings. The van der Waals surface area contributed by atoms with Crippen LogP contribution in [0.5, 0.6) is 0 Å². The van der Waals surface area contributed by atoms with Crippen LogP contribution in [0.3, 0.4) is 0 Å². The highest BCUT2D eigenvalue weighted by Gasteiger charge is 2.80. The fourth-order valence-electron chi connectivity index (χ4n) is 2.79. The number of likely N-dealkylation sites (N-methyl/N-ethyl adjacent to an activating group) is 1. The molecular weight excluding hydrogens is 126 g/mol. The van der Waals surface area contributed by atoms with Crippen LogP contribution in [0.15, 0.2) is 0 Å². The van der Waals surface area contributed by atoms with E-state index >= 15 is 0 Å². The van der Waals surface area contributed by atoms with Gasteiger partial charge in [-0.2, -0.15) is 0 Å². The Hall–Kier alpha value is -0.0800. The second-order valence-corrected chi connectivity index (χ2v) is 3.92. The molecule has 56 valence electrons. The van der Waals surface area contributed by atoms with Crippen LogP contribution in [-0.4, -0.2) is 26.3 Å². The minimum Gasteiger partial charge on any atom is -0.379 e. The molecule has 1 N–H and O–H groups in total. The molecule has 0 radical (unpaired) electrons. The molecule has 2 aliphatic carbocycles. The van der Waals surface area contributed by atoms with Gasteiger partial charge in [0.2, 0.25) is 0 Å². The lowest BCUT2D eigenvalue weighted by Gasteiger charge is -2.21. The first-order valence-electron chi connectivity index (χ1n) is 4.14. The van der Waals surface area contributed by atoms with Crippen molar-refractivity contribution in [2.24, 2.45) is 17.3 Å². The van der Waals surface area contributed by atoms with E-state index in [1.165, 1.54) is 6.42 Å². The van der Waals surface area contributed by atoms with Gasteiger partial charge < -0.3 is 10.1 Å². The molecule has 0 bridgehead atoms. The van der Waals surface area contributed by atoms with Gasteiger partial charge >= 0.3 is 0 Å². The highest BCUT2D eigenvalue weighted by Crippen LogP contribution is 2.80. The second-order valence-electron chi connectivity index (χ2n) is 3.92. The first-order chi connectivity index (χ1) is 4.89. The summed E-state index contributed by atoms with van der Waals surface area (Å²) in [5.41, 5.74) is 0.634. The van der Waals surface area contributed by atoms with Gasteiger partial charge in [-0.1, -0.05) is 0 Å². The Balaban J connectivity index is 1.84. The van der Waals surface area contributed by atoms with Gasteiger partial charge in [-0.25, -0.2) is 0 Å². The van der Waals surface area contributed by atoms with E-state index in [1.54, 1.807) is 0 Å². The maximum Gasteiger partial charge on any atom is 0.0626 e. The van der Waals surface area contributed by atoms with Crippen LogP contribution in [0.25, 0.3) is 0 Å². The molecule has 0 aromatic carbocycles. The topological polar surface area (TPSA) is 21.3 Å². The SMILES string of the molecule is CNC1COCC12C1CC12. The summed E-state index contributed by atoms with van der Waals surface area (Å²) in [6.45, 7) is 1.98. The lowest BCUT2D eigenvalue weighted by Crippen LogP contribution is -2.37. The van der Waals surface area contributed by atoms with Crippen molar-refractivity contribution >= 4 is 0 Å². The van der Waals surface area contributed by atoms with Crippen molar-refractivity contribution in [2.45, 2.75) is 12.5 Å². The van der Waals surface area contributed by atoms with E-state index in [2.05, 4.69) is 12.4 Å². The Labute approximate surface area is 60.9 Å². The van der Waals surface area contributed by atoms with E-state index in [0.29, 0.717) is 11.5 Å². The summed E-state index contributed by atoms with van der Waals surface area (Å²) < 4.78 is 5.46. The van der Waals surface area contributed by atoms with Crippen molar-refractivity contribution in [3.8, 4) is 0 Å². The van der Waals surface area contributed by atoms with Crippen LogP contribution in [0, 0.1) is 17.3 Å². The van der Waals surface area contributed by atoms with Gasteiger partial charge in [0.05, 0.1) is 13.2 Å². The van der Waals surface area contributed by atoms with E-state index in [1.807, 2.05) is 0 Å². The van der Waals surface area contributed by atoms with Gasteiger partial charge in [-0.15, -0.1) is 0 Å². The summed E-state index contributed by atoms with van der Waals surface area (Å²) in [6.07, 6.45) is 1.49. The van der Waals surface area contributed by atoms with Crippen LogP contribution >= 0.6 is 0 Å². The van der Waals surface area contributed by atoms with E-state index in [-0.39, 0.29) is 0 Å². The number of ether oxygens (including phenoxy) is 1. The van der Waals surface area contributed by atoms with Gasteiger partial charge in [-0.05, 0) is 25.3 Å². The average Bonchev–Trinajstić information content (AvgIpc) is 2.78. The Bertz CT molecular complexity index is 172. The van der Waals surface area contributed by atoms with Crippen molar-refractivity contribution in [2.75, 3.05) is 20.3 Å². The molecule has 0 amide bonds. The third-order valence-electron chi connectivity index (χ3n) is 3.70. The zero-order valence-electron chi connectivity index (χ0n) is 6.26. The molecule has 3 unspecified atom stereocenters. The molecule has 3 atom stereocenters. The first kappa shape index (κ1) is 5.56. The predicted octanol–water partition coefficient (Wildman–Crippen LogP) is 0.241. The summed E-state index contributed by atoms with van der Waals surface area (Å²) in [4.78, 5) is 0. The molecule has 2 saturated carbocycles. The van der Waals surface area contributed by atoms with Crippen LogP contribution in [-0.2, 0) is 4.74 Å². The molecule has 1 spiro atoms. The highest BCUT2D eigenvalue weighted by atomic mass is 16.5. The molecule has 0 aromatic heterocycles. The van der Waals surface area contributed by atoms with Crippen molar-refractivity contribution in [1.29, 1.82) is 0 Å². The van der Waals surface area contributed by atoms with Gasteiger partial charge in [0.1, 0.15) is 0 Å². The van der Waals surface area contributed by atoms with Crippen LogP contribution in [0.4, 0.5) is 0 Å². The number of fused-ring (bicyclic) bond motifs is 3. The molecule has 3 fully saturated rings. The third-order valence-corrected chi connectivity index (χ3v) is 3.70. The van der Waals surface area contributed by atoms with Crippen LogP contribution < -0.4 is 5.32 Å². The summed E-state index contributed by atoms with van der Waals surface area (Å²) in [6, 6.07) is 0.677. The lowest BCUT2D eigenvalue weighted by molar-refractivity contribution is 0.169. The second kappa shape index (κ2) is 1.41. The van der Waals surface area contributed by atoms with Gasteiger partial charge in [0.25, 0.3) is 0 Å². The third kappa shape index (κ3) is 0.397. The van der Waals surface area contributed by atoms with Crippen molar-refractivity contribution in [3.63, 3.8) is 0 Å². The highest BCUT2D eigenvalue weighted by molar-refractivity contribution is 5.28. The Kier molecular flexibility index (Phi) is 0.783. The zero-order valence-corrected chi connectivity index (χ0v) is 6.26. The number of rotatable bonds is 1. The molecule has 2 nitrogen and oxygen atoms in total. The molecule has 1 aliphatic heterocycles. The molecule has 1 saturated heterocycles. The smallest absolute Gasteiger partial charge is 0.0626 e. The molecule has 1 heterocycles. The minimum atomic E-state index is 0.634. The van der Waals surface area contributed by atoms with Crippen molar-refractivity contribution in [1.82, 2.24) is 5.32 Å². The van der Waals surface area contributed by atoms with Crippen molar-refractivity contribution in [3.05, 3.63) is 0 Å². The van der Waals surface area contributed by atoms with Gasteiger partial charge in [0, 0.05) is 11.5 Å². The number of nitrogens with one attached hydrogen (secondary N) is 1. The normalized spacial score (nSPS) is 62.7. The maximum atomic E-state index is 5.46. The first-order valence-corrected chi connectivity index (χ1v) is 4.14. The van der Waals surface area contributed by atoms with Crippen LogP contribution in [0.2, 0.25) is 0 Å². The minimum absolute atomic E-state index is 0.634. The zero-order chi connectivity index (χ0) is 6.77. The summed E-state index contributed by atoms with van der Waals surface area (Å²) in [5.74, 6) is 2.10. The summed E-state index contributed by atoms with van der Waals surface area (Å²) in [7, 11) is 2.05. The molecule has 3 rings (SSSR count). The lowest BCUT2D eigenvalue weighted by atomic mass is 9.89. The van der Waals surface area contributed by atoms with E-state index < -0.39 is 0 Å². The Morgan fingerprint density at radius 1 is 1.50 bits per heavy atom. The Morgan fingerprint density at radius 3 is 2.70 bits per heavy atom. The van der Waals surface area contributed by atoms with Crippen molar-refractivity contribution < 1.29 is 4.74 Å². The maximum absolute atomic E-state index is 5.46. The standard InChI is InChI=1S/C8H13NO/c1-9-7-3-10-4-8(7)5-2-6(5)8/h5-7,9H,2-4H2,1H3. The molecule has 0 aromatic rings. The molecular formula is C8H13NO. The fraction of sp³-hybridized carbons (Fsp3) is 1.00. The quantitative estimate of drug-likeness (QED) is 0.562.